The van der Waals surface area contributed by atoms with Crippen LogP contribution in [0.1, 0.15) is 40.5 Å². The molecule has 1 aliphatic heterocycles. The van der Waals surface area contributed by atoms with Gasteiger partial charge in [-0.25, -0.2) is 9.78 Å². The SMILES string of the molecule is C=Nc1c(N=CC)ccnc1N1CCC(NC(=O)OC(C)(C)C)CC1. The summed E-state index contributed by atoms with van der Waals surface area (Å²) in [5.74, 6) is 0.786. The first kappa shape index (κ1) is 18.9. The van der Waals surface area contributed by atoms with E-state index < -0.39 is 5.60 Å². The lowest BCUT2D eigenvalue weighted by molar-refractivity contribution is 0.0497. The third kappa shape index (κ3) is 5.27. The van der Waals surface area contributed by atoms with Crippen LogP contribution < -0.4 is 10.2 Å². The molecule has 0 saturated carbocycles. The van der Waals surface area contributed by atoms with Crippen LogP contribution in [0.3, 0.4) is 0 Å². The maximum absolute atomic E-state index is 11.9. The third-order valence-corrected chi connectivity index (χ3v) is 3.83. The molecule has 136 valence electrons. The molecule has 0 aromatic carbocycles. The summed E-state index contributed by atoms with van der Waals surface area (Å²) in [4.78, 5) is 26.9. The van der Waals surface area contributed by atoms with E-state index in [4.69, 9.17) is 4.74 Å². The van der Waals surface area contributed by atoms with Crippen LogP contribution in [0.25, 0.3) is 0 Å². The van der Waals surface area contributed by atoms with Crippen molar-refractivity contribution in [3.8, 4) is 0 Å². The fraction of sp³-hybridized carbons (Fsp3) is 0.556. The van der Waals surface area contributed by atoms with E-state index in [9.17, 15) is 4.79 Å². The Kier molecular flexibility index (Phi) is 6.12. The number of aliphatic imine (C=N–C) groups is 2. The van der Waals surface area contributed by atoms with Crippen LogP contribution in [-0.2, 0) is 4.74 Å². The van der Waals surface area contributed by atoms with E-state index in [-0.39, 0.29) is 12.1 Å². The molecule has 0 aliphatic carbocycles. The van der Waals surface area contributed by atoms with E-state index in [0.29, 0.717) is 5.69 Å². The molecule has 25 heavy (non-hydrogen) atoms. The number of rotatable bonds is 4. The van der Waals surface area contributed by atoms with Crippen LogP contribution in [0.5, 0.6) is 0 Å². The van der Waals surface area contributed by atoms with E-state index in [2.05, 4.69) is 31.9 Å². The standard InChI is InChI=1S/C18H27N5O2/c1-6-20-14-7-10-21-16(15(14)19-5)23-11-8-13(9-12-23)22-17(24)25-18(2,3)4/h6-7,10,13H,5,8-9,11-12H2,1-4H3,(H,22,24). The first-order valence-electron chi connectivity index (χ1n) is 8.53. The van der Waals surface area contributed by atoms with Gasteiger partial charge in [-0.1, -0.05) is 0 Å². The fourth-order valence-electron chi connectivity index (χ4n) is 2.77. The van der Waals surface area contributed by atoms with Crippen molar-refractivity contribution >= 4 is 36.2 Å². The number of hydrogen-bond donors (Lipinski definition) is 1. The molecule has 7 nitrogen and oxygen atoms in total. The molecule has 0 bridgehead atoms. The van der Waals surface area contributed by atoms with Crippen LogP contribution in [0.4, 0.5) is 22.0 Å². The second kappa shape index (κ2) is 8.09. The minimum Gasteiger partial charge on any atom is -0.444 e. The van der Waals surface area contributed by atoms with Crippen molar-refractivity contribution in [2.45, 2.75) is 52.2 Å². The number of aromatic nitrogens is 1. The fourth-order valence-corrected chi connectivity index (χ4v) is 2.77. The van der Waals surface area contributed by atoms with Gasteiger partial charge in [-0.15, -0.1) is 0 Å². The van der Waals surface area contributed by atoms with Gasteiger partial charge in [0.1, 0.15) is 11.3 Å². The molecule has 1 N–H and O–H groups in total. The van der Waals surface area contributed by atoms with E-state index in [1.807, 2.05) is 33.8 Å². The average Bonchev–Trinajstić information content (AvgIpc) is 2.54. The quantitative estimate of drug-likeness (QED) is 0.845. The lowest BCUT2D eigenvalue weighted by Gasteiger charge is -2.34. The van der Waals surface area contributed by atoms with Gasteiger partial charge >= 0.3 is 6.09 Å². The smallest absolute Gasteiger partial charge is 0.407 e. The van der Waals surface area contributed by atoms with Crippen molar-refractivity contribution in [3.05, 3.63) is 12.3 Å². The highest BCUT2D eigenvalue weighted by Crippen LogP contribution is 2.36. The van der Waals surface area contributed by atoms with Gasteiger partial charge in [0.25, 0.3) is 0 Å². The molecule has 0 unspecified atom stereocenters. The van der Waals surface area contributed by atoms with Crippen LogP contribution in [-0.4, -0.2) is 48.7 Å². The zero-order valence-corrected chi connectivity index (χ0v) is 15.5. The molecular formula is C18H27N5O2. The van der Waals surface area contributed by atoms with Crippen LogP contribution in [0.15, 0.2) is 22.2 Å². The Morgan fingerprint density at radius 2 is 2.12 bits per heavy atom. The first-order valence-corrected chi connectivity index (χ1v) is 8.53. The van der Waals surface area contributed by atoms with Crippen molar-refractivity contribution in [1.29, 1.82) is 0 Å². The Bertz CT molecular complexity index is 643. The molecule has 1 amide bonds. The van der Waals surface area contributed by atoms with Gasteiger partial charge in [0, 0.05) is 31.5 Å². The van der Waals surface area contributed by atoms with Gasteiger partial charge in [0.05, 0.1) is 5.69 Å². The van der Waals surface area contributed by atoms with Gasteiger partial charge in [-0.3, -0.25) is 9.98 Å². The summed E-state index contributed by atoms with van der Waals surface area (Å²) in [5, 5.41) is 2.94. The van der Waals surface area contributed by atoms with E-state index in [1.54, 1.807) is 12.4 Å². The number of carbonyl (C=O) groups excluding carboxylic acids is 1. The Labute approximate surface area is 149 Å². The van der Waals surface area contributed by atoms with Crippen LogP contribution >= 0.6 is 0 Å². The molecule has 2 rings (SSSR count). The van der Waals surface area contributed by atoms with Gasteiger partial charge in [0.2, 0.25) is 0 Å². The molecule has 1 aromatic heterocycles. The first-order chi connectivity index (χ1) is 11.8. The predicted molar refractivity (Wildman–Crippen MR) is 102 cm³/mol. The summed E-state index contributed by atoms with van der Waals surface area (Å²) < 4.78 is 5.32. The van der Waals surface area contributed by atoms with Crippen molar-refractivity contribution in [1.82, 2.24) is 10.3 Å². The van der Waals surface area contributed by atoms with Crippen molar-refractivity contribution in [2.24, 2.45) is 9.98 Å². The van der Waals surface area contributed by atoms with Gasteiger partial charge in [0.15, 0.2) is 5.82 Å². The van der Waals surface area contributed by atoms with Crippen molar-refractivity contribution < 1.29 is 9.53 Å². The molecular weight excluding hydrogens is 318 g/mol. The molecule has 1 aromatic rings. The third-order valence-electron chi connectivity index (χ3n) is 3.83. The number of pyridine rings is 1. The molecule has 2 heterocycles. The highest BCUT2D eigenvalue weighted by molar-refractivity contribution is 5.79. The molecule has 0 spiro atoms. The van der Waals surface area contributed by atoms with Gasteiger partial charge < -0.3 is 15.0 Å². The lowest BCUT2D eigenvalue weighted by atomic mass is 10.0. The normalized spacial score (nSPS) is 16.1. The van der Waals surface area contributed by atoms with Crippen LogP contribution in [0.2, 0.25) is 0 Å². The monoisotopic (exact) mass is 345 g/mol. The minimum absolute atomic E-state index is 0.100. The summed E-state index contributed by atoms with van der Waals surface area (Å²) in [6.07, 6.45) is 4.73. The zero-order valence-electron chi connectivity index (χ0n) is 15.5. The molecule has 1 fully saturated rings. The molecule has 7 heteroatoms. The lowest BCUT2D eigenvalue weighted by Crippen LogP contribution is -2.46. The largest absolute Gasteiger partial charge is 0.444 e. The number of anilines is 1. The maximum atomic E-state index is 11.9. The highest BCUT2D eigenvalue weighted by atomic mass is 16.6. The van der Waals surface area contributed by atoms with E-state index >= 15 is 0 Å². The van der Waals surface area contributed by atoms with Crippen molar-refractivity contribution in [3.63, 3.8) is 0 Å². The Hall–Kier alpha value is -2.44. The number of hydrogen-bond acceptors (Lipinski definition) is 6. The second-order valence-corrected chi connectivity index (χ2v) is 6.96. The summed E-state index contributed by atoms with van der Waals surface area (Å²) in [6.45, 7) is 12.6. The Balaban J connectivity index is 2.00. The summed E-state index contributed by atoms with van der Waals surface area (Å²) in [6, 6.07) is 1.92. The van der Waals surface area contributed by atoms with E-state index in [0.717, 1.165) is 37.4 Å². The number of alkyl carbamates (subject to hydrolysis) is 1. The number of carbonyl (C=O) groups is 1. The summed E-state index contributed by atoms with van der Waals surface area (Å²) in [5.41, 5.74) is 0.968. The molecule has 1 saturated heterocycles. The molecule has 0 atom stereocenters. The number of nitrogens with zero attached hydrogens (tertiary/aromatic N) is 4. The summed E-state index contributed by atoms with van der Waals surface area (Å²) >= 11 is 0. The number of ether oxygens (including phenoxy) is 1. The number of nitrogens with one attached hydrogen (secondary N) is 1. The Morgan fingerprint density at radius 3 is 2.68 bits per heavy atom. The predicted octanol–water partition coefficient (Wildman–Crippen LogP) is 3.63. The average molecular weight is 345 g/mol. The highest BCUT2D eigenvalue weighted by Gasteiger charge is 2.25. The maximum Gasteiger partial charge on any atom is 0.407 e. The number of piperidine rings is 1. The second-order valence-electron chi connectivity index (χ2n) is 6.96. The van der Waals surface area contributed by atoms with Gasteiger partial charge in [-0.2, -0.15) is 0 Å². The van der Waals surface area contributed by atoms with Gasteiger partial charge in [-0.05, 0) is 53.3 Å². The molecule has 1 aliphatic rings. The Morgan fingerprint density at radius 1 is 1.44 bits per heavy atom. The summed E-state index contributed by atoms with van der Waals surface area (Å²) in [7, 11) is 0. The molecule has 0 radical (unpaired) electrons. The van der Waals surface area contributed by atoms with Crippen LogP contribution in [0, 0.1) is 0 Å². The van der Waals surface area contributed by atoms with E-state index in [1.165, 1.54) is 0 Å². The zero-order chi connectivity index (χ0) is 18.4. The minimum atomic E-state index is -0.487. The topological polar surface area (TPSA) is 79.2 Å². The van der Waals surface area contributed by atoms with Crippen molar-refractivity contribution in [2.75, 3.05) is 18.0 Å². The number of amides is 1.